The average molecular weight is 359 g/mol. The highest BCUT2D eigenvalue weighted by Gasteiger charge is 2.21. The van der Waals surface area contributed by atoms with Crippen LogP contribution in [0.2, 0.25) is 5.28 Å². The lowest BCUT2D eigenvalue weighted by Gasteiger charge is -2.19. The molecule has 0 radical (unpaired) electrons. The lowest BCUT2D eigenvalue weighted by Crippen LogP contribution is -2.21. The topological polar surface area (TPSA) is 59.7 Å². The highest BCUT2D eigenvalue weighted by Crippen LogP contribution is 2.29. The van der Waals surface area contributed by atoms with Gasteiger partial charge in [-0.05, 0) is 49.1 Å². The zero-order valence-corrected chi connectivity index (χ0v) is 14.4. The van der Waals surface area contributed by atoms with E-state index in [1.165, 1.54) is 12.1 Å². The van der Waals surface area contributed by atoms with Crippen molar-refractivity contribution in [1.29, 1.82) is 0 Å². The van der Waals surface area contributed by atoms with Gasteiger partial charge in [-0.25, -0.2) is 24.0 Å². The molecule has 3 aromatic rings. The van der Waals surface area contributed by atoms with E-state index in [9.17, 15) is 4.39 Å². The lowest BCUT2D eigenvalue weighted by atomic mass is 10.2. The van der Waals surface area contributed by atoms with E-state index in [1.54, 1.807) is 23.1 Å². The number of aryl methyl sites for hydroxylation is 1. The number of hydrogen-bond donors (Lipinski definition) is 0. The third kappa shape index (κ3) is 3.19. The van der Waals surface area contributed by atoms with Gasteiger partial charge in [-0.1, -0.05) is 6.07 Å². The molecule has 0 bridgehead atoms. The highest BCUT2D eigenvalue weighted by atomic mass is 35.5. The Morgan fingerprint density at radius 2 is 2.16 bits per heavy atom. The maximum absolute atomic E-state index is 13.4. The zero-order valence-electron chi connectivity index (χ0n) is 13.7. The van der Waals surface area contributed by atoms with Crippen LogP contribution in [0.4, 0.5) is 10.2 Å². The minimum Gasteiger partial charge on any atom is -0.352 e. The summed E-state index contributed by atoms with van der Waals surface area (Å²) in [5, 5.41) is 4.69. The summed E-state index contributed by atoms with van der Waals surface area (Å²) in [6.07, 6.45) is 4.54. The monoisotopic (exact) mass is 358 g/mol. The zero-order chi connectivity index (χ0) is 17.4. The summed E-state index contributed by atoms with van der Waals surface area (Å²) in [5.41, 5.74) is 2.81. The van der Waals surface area contributed by atoms with Crippen LogP contribution < -0.4 is 4.90 Å². The maximum Gasteiger partial charge on any atom is 0.224 e. The minimum atomic E-state index is -0.308. The average Bonchev–Trinajstić information content (AvgIpc) is 3.23. The highest BCUT2D eigenvalue weighted by molar-refractivity contribution is 6.28. The molecular formula is C17H16ClFN6. The number of anilines is 1. The van der Waals surface area contributed by atoms with Gasteiger partial charge in [-0.2, -0.15) is 0 Å². The van der Waals surface area contributed by atoms with E-state index in [2.05, 4.69) is 20.1 Å². The normalized spacial score (nSPS) is 13.1. The summed E-state index contributed by atoms with van der Waals surface area (Å²) in [6, 6.07) is 6.24. The Labute approximate surface area is 149 Å². The Bertz CT molecular complexity index is 925. The Morgan fingerprint density at radius 3 is 3.00 bits per heavy atom. The molecule has 4 rings (SSSR count). The fourth-order valence-electron chi connectivity index (χ4n) is 3.10. The van der Waals surface area contributed by atoms with E-state index in [-0.39, 0.29) is 11.1 Å². The second-order valence-electron chi connectivity index (χ2n) is 6.04. The molecule has 0 aliphatic heterocycles. The molecule has 0 amide bonds. The molecule has 1 aliphatic carbocycles. The van der Waals surface area contributed by atoms with Crippen molar-refractivity contribution in [1.82, 2.24) is 24.7 Å². The molecule has 1 aliphatic rings. The summed E-state index contributed by atoms with van der Waals surface area (Å²) >= 11 is 6.05. The molecule has 0 saturated heterocycles. The quantitative estimate of drug-likeness (QED) is 0.671. The first-order valence-electron chi connectivity index (χ1n) is 8.03. The van der Waals surface area contributed by atoms with E-state index < -0.39 is 0 Å². The maximum atomic E-state index is 13.4. The van der Waals surface area contributed by atoms with Crippen LogP contribution in [-0.2, 0) is 19.4 Å². The molecule has 0 unspecified atom stereocenters. The number of benzene rings is 1. The molecule has 2 aromatic heterocycles. The predicted molar refractivity (Wildman–Crippen MR) is 92.5 cm³/mol. The van der Waals surface area contributed by atoms with Crippen LogP contribution in [0.15, 0.2) is 30.6 Å². The first-order valence-corrected chi connectivity index (χ1v) is 8.41. The first kappa shape index (κ1) is 16.0. The smallest absolute Gasteiger partial charge is 0.224 e. The summed E-state index contributed by atoms with van der Waals surface area (Å²) in [6.45, 7) is 0.474. The fourth-order valence-corrected chi connectivity index (χ4v) is 3.28. The second kappa shape index (κ2) is 6.40. The molecule has 0 atom stereocenters. The van der Waals surface area contributed by atoms with Gasteiger partial charge in [0.05, 0.1) is 17.9 Å². The number of rotatable bonds is 4. The van der Waals surface area contributed by atoms with E-state index in [1.807, 2.05) is 11.9 Å². The number of hydrogen-bond acceptors (Lipinski definition) is 5. The third-order valence-electron chi connectivity index (χ3n) is 4.24. The number of halogens is 2. The Kier molecular flexibility index (Phi) is 4.09. The van der Waals surface area contributed by atoms with Crippen molar-refractivity contribution < 1.29 is 4.39 Å². The van der Waals surface area contributed by atoms with E-state index in [4.69, 9.17) is 11.6 Å². The molecule has 6 nitrogen and oxygen atoms in total. The Morgan fingerprint density at radius 1 is 1.28 bits per heavy atom. The van der Waals surface area contributed by atoms with Crippen LogP contribution in [0.25, 0.3) is 5.69 Å². The third-order valence-corrected chi connectivity index (χ3v) is 4.41. The largest absolute Gasteiger partial charge is 0.352 e. The van der Waals surface area contributed by atoms with E-state index in [0.717, 1.165) is 36.3 Å². The van der Waals surface area contributed by atoms with Gasteiger partial charge in [-0.15, -0.1) is 5.10 Å². The van der Waals surface area contributed by atoms with Crippen molar-refractivity contribution >= 4 is 17.4 Å². The summed E-state index contributed by atoms with van der Waals surface area (Å²) < 4.78 is 14.9. The summed E-state index contributed by atoms with van der Waals surface area (Å²) in [4.78, 5) is 15.0. The van der Waals surface area contributed by atoms with Gasteiger partial charge in [0.1, 0.15) is 18.0 Å². The van der Waals surface area contributed by atoms with Crippen molar-refractivity contribution in [2.75, 3.05) is 11.9 Å². The van der Waals surface area contributed by atoms with E-state index >= 15 is 0 Å². The Balaban J connectivity index is 1.57. The van der Waals surface area contributed by atoms with Crippen molar-refractivity contribution in [3.05, 3.63) is 58.8 Å². The number of nitrogens with zero attached hydrogens (tertiary/aromatic N) is 6. The fraction of sp³-hybridized carbons (Fsp3) is 0.294. The van der Waals surface area contributed by atoms with Crippen molar-refractivity contribution in [3.8, 4) is 5.69 Å². The molecule has 2 heterocycles. The van der Waals surface area contributed by atoms with Gasteiger partial charge in [0, 0.05) is 12.6 Å². The number of aromatic nitrogens is 5. The Hall–Kier alpha value is -2.54. The molecule has 0 saturated carbocycles. The van der Waals surface area contributed by atoms with Gasteiger partial charge < -0.3 is 4.90 Å². The SMILES string of the molecule is CN(Cc1ncn(-c2cccc(F)c2)n1)c1nc(Cl)nc2c1CCC2. The van der Waals surface area contributed by atoms with Crippen LogP contribution in [0.1, 0.15) is 23.5 Å². The molecule has 0 fully saturated rings. The van der Waals surface area contributed by atoms with Gasteiger partial charge in [0.2, 0.25) is 5.28 Å². The number of fused-ring (bicyclic) bond motifs is 1. The first-order chi connectivity index (χ1) is 12.1. The molecule has 0 spiro atoms. The second-order valence-corrected chi connectivity index (χ2v) is 6.37. The predicted octanol–water partition coefficient (Wildman–Crippen LogP) is 2.97. The summed E-state index contributed by atoms with van der Waals surface area (Å²) in [5.74, 6) is 1.14. The molecule has 128 valence electrons. The lowest BCUT2D eigenvalue weighted by molar-refractivity contribution is 0.625. The molecular weight excluding hydrogens is 343 g/mol. The van der Waals surface area contributed by atoms with Crippen molar-refractivity contribution in [2.24, 2.45) is 0 Å². The van der Waals surface area contributed by atoms with Crippen molar-refractivity contribution in [3.63, 3.8) is 0 Å². The van der Waals surface area contributed by atoms with Crippen LogP contribution in [0.3, 0.4) is 0 Å². The molecule has 0 N–H and O–H groups in total. The molecule has 25 heavy (non-hydrogen) atoms. The van der Waals surface area contributed by atoms with Crippen LogP contribution in [-0.4, -0.2) is 31.8 Å². The van der Waals surface area contributed by atoms with Crippen LogP contribution in [0.5, 0.6) is 0 Å². The van der Waals surface area contributed by atoms with Gasteiger partial charge in [-0.3, -0.25) is 0 Å². The van der Waals surface area contributed by atoms with Crippen LogP contribution >= 0.6 is 11.6 Å². The summed E-state index contributed by atoms with van der Waals surface area (Å²) in [7, 11) is 1.93. The van der Waals surface area contributed by atoms with Crippen LogP contribution in [0, 0.1) is 5.82 Å². The van der Waals surface area contributed by atoms with Gasteiger partial charge >= 0.3 is 0 Å². The van der Waals surface area contributed by atoms with E-state index in [0.29, 0.717) is 18.1 Å². The van der Waals surface area contributed by atoms with Crippen molar-refractivity contribution in [2.45, 2.75) is 25.8 Å². The minimum absolute atomic E-state index is 0.265. The van der Waals surface area contributed by atoms with Gasteiger partial charge in [0.15, 0.2) is 5.82 Å². The molecule has 1 aromatic carbocycles. The van der Waals surface area contributed by atoms with Gasteiger partial charge in [0.25, 0.3) is 0 Å². The standard InChI is InChI=1S/C17H16ClFN6/c1-24(16-13-6-3-7-14(13)21-17(18)22-16)9-15-20-10-25(23-15)12-5-2-4-11(19)8-12/h2,4-5,8,10H,3,6-7,9H2,1H3. The molecule has 8 heteroatoms.